The molecule has 0 radical (unpaired) electrons. The molecule has 0 spiro atoms. The first-order chi connectivity index (χ1) is 9.02. The zero-order chi connectivity index (χ0) is 13.9. The monoisotopic (exact) mass is 259 g/mol. The van der Waals surface area contributed by atoms with Crippen LogP contribution in [0.5, 0.6) is 0 Å². The second-order valence-corrected chi connectivity index (χ2v) is 5.67. The van der Waals surface area contributed by atoms with Crippen LogP contribution < -0.4 is 11.1 Å². The summed E-state index contributed by atoms with van der Waals surface area (Å²) < 4.78 is 0. The number of hydrogen-bond donors (Lipinski definition) is 3. The first-order valence-corrected chi connectivity index (χ1v) is 6.78. The molecule has 0 aromatic heterocycles. The zero-order valence-corrected chi connectivity index (χ0v) is 11.3. The molecule has 0 amide bonds. The number of rotatable bonds is 3. The number of nitrogens with two attached hydrogens (primary N) is 1. The molecule has 1 saturated carbocycles. The minimum absolute atomic E-state index is 0.485. The quantitative estimate of drug-likeness (QED) is 0.728. The van der Waals surface area contributed by atoms with Gasteiger partial charge in [0.25, 0.3) is 0 Å². The molecule has 0 heterocycles. The molecule has 19 heavy (non-hydrogen) atoms. The van der Waals surface area contributed by atoms with Crippen LogP contribution in [0.3, 0.4) is 0 Å². The van der Waals surface area contributed by atoms with Crippen molar-refractivity contribution in [1.29, 1.82) is 5.26 Å². The maximum absolute atomic E-state index is 10.5. The summed E-state index contributed by atoms with van der Waals surface area (Å²) in [7, 11) is 0. The van der Waals surface area contributed by atoms with Gasteiger partial charge in [0.1, 0.15) is 0 Å². The highest BCUT2D eigenvalue weighted by Crippen LogP contribution is 2.32. The molecule has 1 aliphatic rings. The maximum Gasteiger partial charge on any atom is 0.0992 e. The number of nitriles is 1. The number of aliphatic hydroxyl groups is 1. The topological polar surface area (TPSA) is 82.1 Å². The van der Waals surface area contributed by atoms with E-state index in [0.717, 1.165) is 31.4 Å². The average Bonchev–Trinajstić information content (AvgIpc) is 2.42. The Kier molecular flexibility index (Phi) is 3.96. The van der Waals surface area contributed by atoms with Crippen LogP contribution in [0.15, 0.2) is 18.2 Å². The summed E-state index contributed by atoms with van der Waals surface area (Å²) in [4.78, 5) is 0. The lowest BCUT2D eigenvalue weighted by atomic mass is 9.79. The summed E-state index contributed by atoms with van der Waals surface area (Å²) in [5, 5.41) is 22.6. The maximum atomic E-state index is 10.5. The van der Waals surface area contributed by atoms with Crippen molar-refractivity contribution in [3.05, 3.63) is 23.8 Å². The lowest BCUT2D eigenvalue weighted by Gasteiger charge is -2.35. The Morgan fingerprint density at radius 2 is 2.16 bits per heavy atom. The summed E-state index contributed by atoms with van der Waals surface area (Å²) in [6.45, 7) is 2.71. The highest BCUT2D eigenvalue weighted by molar-refractivity contribution is 5.68. The standard InChI is InChI=1S/C15H21N3O/c1-11-4-6-15(19,7-5-11)10-18-14-8-12(9-16)2-3-13(14)17/h2-3,8,11,18-19H,4-7,10,17H2,1H3. The van der Waals surface area contributed by atoms with E-state index in [1.54, 1.807) is 18.2 Å². The Morgan fingerprint density at radius 3 is 2.79 bits per heavy atom. The average molecular weight is 259 g/mol. The normalized spacial score (nSPS) is 26.7. The molecule has 0 aliphatic heterocycles. The Balaban J connectivity index is 2.00. The van der Waals surface area contributed by atoms with Crippen LogP contribution in [0.4, 0.5) is 11.4 Å². The van der Waals surface area contributed by atoms with Gasteiger partial charge in [-0.2, -0.15) is 5.26 Å². The van der Waals surface area contributed by atoms with E-state index in [9.17, 15) is 5.11 Å². The molecule has 1 aliphatic carbocycles. The van der Waals surface area contributed by atoms with E-state index in [0.29, 0.717) is 23.7 Å². The van der Waals surface area contributed by atoms with Gasteiger partial charge < -0.3 is 16.2 Å². The summed E-state index contributed by atoms with van der Waals surface area (Å²) >= 11 is 0. The molecule has 0 unspecified atom stereocenters. The van der Waals surface area contributed by atoms with Crippen molar-refractivity contribution in [1.82, 2.24) is 0 Å². The molecule has 4 N–H and O–H groups in total. The van der Waals surface area contributed by atoms with Crippen LogP contribution in [-0.4, -0.2) is 17.3 Å². The molecular formula is C15H21N3O. The van der Waals surface area contributed by atoms with E-state index in [2.05, 4.69) is 18.3 Å². The molecule has 2 rings (SSSR count). The minimum Gasteiger partial charge on any atom is -0.397 e. The molecule has 1 fully saturated rings. The summed E-state index contributed by atoms with van der Waals surface area (Å²) in [6, 6.07) is 7.22. The highest BCUT2D eigenvalue weighted by Gasteiger charge is 2.31. The first-order valence-electron chi connectivity index (χ1n) is 6.78. The predicted octanol–water partition coefficient (Wildman–Crippen LogP) is 2.49. The lowest BCUT2D eigenvalue weighted by Crippen LogP contribution is -2.40. The molecule has 0 bridgehead atoms. The third-order valence-electron chi connectivity index (χ3n) is 4.00. The highest BCUT2D eigenvalue weighted by atomic mass is 16.3. The van der Waals surface area contributed by atoms with Gasteiger partial charge in [-0.25, -0.2) is 0 Å². The van der Waals surface area contributed by atoms with Crippen molar-refractivity contribution in [2.75, 3.05) is 17.6 Å². The molecule has 1 aromatic carbocycles. The van der Waals surface area contributed by atoms with Crippen molar-refractivity contribution >= 4 is 11.4 Å². The zero-order valence-electron chi connectivity index (χ0n) is 11.3. The Hall–Kier alpha value is -1.73. The van der Waals surface area contributed by atoms with Crippen molar-refractivity contribution in [3.63, 3.8) is 0 Å². The molecule has 0 atom stereocenters. The Labute approximate surface area is 114 Å². The smallest absolute Gasteiger partial charge is 0.0992 e. The fourth-order valence-electron chi connectivity index (χ4n) is 2.51. The second-order valence-electron chi connectivity index (χ2n) is 5.67. The van der Waals surface area contributed by atoms with Gasteiger partial charge in [0.05, 0.1) is 28.6 Å². The van der Waals surface area contributed by atoms with E-state index in [-0.39, 0.29) is 0 Å². The van der Waals surface area contributed by atoms with E-state index in [1.807, 2.05) is 0 Å². The van der Waals surface area contributed by atoms with Gasteiger partial charge in [-0.05, 0) is 49.8 Å². The summed E-state index contributed by atoms with van der Waals surface area (Å²) in [5.41, 5.74) is 7.12. The molecule has 102 valence electrons. The van der Waals surface area contributed by atoms with E-state index in [4.69, 9.17) is 11.0 Å². The number of benzene rings is 1. The molecule has 4 heteroatoms. The Bertz CT molecular complexity index is 485. The van der Waals surface area contributed by atoms with Crippen LogP contribution >= 0.6 is 0 Å². The third-order valence-corrected chi connectivity index (χ3v) is 4.00. The molecule has 1 aromatic rings. The Morgan fingerprint density at radius 1 is 1.47 bits per heavy atom. The minimum atomic E-state index is -0.651. The van der Waals surface area contributed by atoms with Gasteiger partial charge in [0.15, 0.2) is 0 Å². The second kappa shape index (κ2) is 5.50. The third kappa shape index (κ3) is 3.39. The number of nitrogens with zero attached hydrogens (tertiary/aromatic N) is 1. The van der Waals surface area contributed by atoms with Crippen molar-refractivity contribution in [2.24, 2.45) is 5.92 Å². The molecule has 0 saturated heterocycles. The largest absolute Gasteiger partial charge is 0.397 e. The van der Waals surface area contributed by atoms with Crippen LogP contribution in [0.2, 0.25) is 0 Å². The summed E-state index contributed by atoms with van der Waals surface area (Å²) in [5.74, 6) is 0.701. The van der Waals surface area contributed by atoms with Gasteiger partial charge in [-0.3, -0.25) is 0 Å². The van der Waals surface area contributed by atoms with Crippen LogP contribution in [0, 0.1) is 17.2 Å². The van der Waals surface area contributed by atoms with Crippen molar-refractivity contribution in [2.45, 2.75) is 38.2 Å². The fourth-order valence-corrected chi connectivity index (χ4v) is 2.51. The van der Waals surface area contributed by atoms with Gasteiger partial charge >= 0.3 is 0 Å². The first kappa shape index (κ1) is 13.7. The number of hydrogen-bond acceptors (Lipinski definition) is 4. The van der Waals surface area contributed by atoms with Crippen LogP contribution in [0.25, 0.3) is 0 Å². The lowest BCUT2D eigenvalue weighted by molar-refractivity contribution is 0.00502. The number of nitrogens with one attached hydrogen (secondary N) is 1. The van der Waals surface area contributed by atoms with Crippen molar-refractivity contribution < 1.29 is 5.11 Å². The van der Waals surface area contributed by atoms with E-state index < -0.39 is 5.60 Å². The predicted molar refractivity (Wildman–Crippen MR) is 76.6 cm³/mol. The van der Waals surface area contributed by atoms with E-state index in [1.165, 1.54) is 0 Å². The number of nitrogen functional groups attached to an aromatic ring is 1. The van der Waals surface area contributed by atoms with E-state index >= 15 is 0 Å². The SMILES string of the molecule is CC1CCC(O)(CNc2cc(C#N)ccc2N)CC1. The molecule has 4 nitrogen and oxygen atoms in total. The van der Waals surface area contributed by atoms with Gasteiger partial charge in [0, 0.05) is 6.54 Å². The van der Waals surface area contributed by atoms with Gasteiger partial charge in [0.2, 0.25) is 0 Å². The van der Waals surface area contributed by atoms with Crippen molar-refractivity contribution in [3.8, 4) is 6.07 Å². The van der Waals surface area contributed by atoms with Crippen LogP contribution in [0.1, 0.15) is 38.2 Å². The molecular weight excluding hydrogens is 238 g/mol. The van der Waals surface area contributed by atoms with Gasteiger partial charge in [-0.15, -0.1) is 0 Å². The summed E-state index contributed by atoms with van der Waals surface area (Å²) in [6.07, 6.45) is 3.76. The van der Waals surface area contributed by atoms with Gasteiger partial charge in [-0.1, -0.05) is 6.92 Å². The van der Waals surface area contributed by atoms with Crippen LogP contribution in [-0.2, 0) is 0 Å². The number of anilines is 2. The fraction of sp³-hybridized carbons (Fsp3) is 0.533.